The highest BCUT2D eigenvalue weighted by atomic mass is 16.3. The van der Waals surface area contributed by atoms with E-state index < -0.39 is 0 Å². The van der Waals surface area contributed by atoms with Gasteiger partial charge in [-0.3, -0.25) is 15.1 Å². The topological polar surface area (TPSA) is 93.7 Å². The van der Waals surface area contributed by atoms with E-state index in [0.29, 0.717) is 0 Å². The largest absolute Gasteiger partial charge is 0.467 e. The molecule has 10 heteroatoms. The lowest BCUT2D eigenvalue weighted by Gasteiger charge is -2.28. The summed E-state index contributed by atoms with van der Waals surface area (Å²) in [6.45, 7) is 43.1. The third-order valence-corrected chi connectivity index (χ3v) is 13.6. The molecule has 10 rings (SSSR count). The molecule has 10 nitrogen and oxygen atoms in total. The summed E-state index contributed by atoms with van der Waals surface area (Å²) in [7, 11) is 8.70. The van der Waals surface area contributed by atoms with Gasteiger partial charge >= 0.3 is 0 Å². The Morgan fingerprint density at radius 2 is 0.753 bits per heavy atom. The zero-order valence-corrected chi connectivity index (χ0v) is 52.5. The molecule has 1 N–H and O–H groups in total. The van der Waals surface area contributed by atoms with Crippen LogP contribution in [0.4, 0.5) is 0 Å². The Morgan fingerprint density at radius 3 is 0.974 bits per heavy atom. The summed E-state index contributed by atoms with van der Waals surface area (Å²) in [6, 6.07) is 26.4. The fourth-order valence-corrected chi connectivity index (χ4v) is 7.73. The first-order valence-corrected chi connectivity index (χ1v) is 28.6. The van der Waals surface area contributed by atoms with E-state index in [9.17, 15) is 0 Å². The minimum absolute atomic E-state index is 0.978. The molecule has 0 atom stereocenters. The van der Waals surface area contributed by atoms with Crippen LogP contribution in [0.2, 0.25) is 0 Å². The summed E-state index contributed by atoms with van der Waals surface area (Å²) in [5.74, 6) is 6.95. The number of benzene rings is 1. The van der Waals surface area contributed by atoms with Crippen molar-refractivity contribution in [2.45, 2.75) is 156 Å². The monoisotopic (exact) mass is 1060 g/mol. The van der Waals surface area contributed by atoms with Crippen LogP contribution in [0.15, 0.2) is 112 Å². The van der Waals surface area contributed by atoms with E-state index in [0.717, 1.165) is 70.1 Å². The zero-order chi connectivity index (χ0) is 57.7. The maximum absolute atomic E-state index is 5.08. The molecule has 1 saturated carbocycles. The first kappa shape index (κ1) is 69.9. The highest BCUT2D eigenvalue weighted by Gasteiger charge is 2.13. The van der Waals surface area contributed by atoms with E-state index in [-0.39, 0.29) is 0 Å². The predicted octanol–water partition coefficient (Wildman–Crippen LogP) is 15.8. The summed E-state index contributed by atoms with van der Waals surface area (Å²) in [5.41, 5.74) is 11.0. The van der Waals surface area contributed by atoms with E-state index in [1.54, 1.807) is 5.57 Å². The summed E-state index contributed by atoms with van der Waals surface area (Å²) in [4.78, 5) is 17.6. The number of hydrogen-bond acceptors (Lipinski definition) is 9. The van der Waals surface area contributed by atoms with Gasteiger partial charge in [0.15, 0.2) is 0 Å². The summed E-state index contributed by atoms with van der Waals surface area (Å²) < 4.78 is 10.2. The van der Waals surface area contributed by atoms with Crippen molar-refractivity contribution >= 4 is 0 Å². The van der Waals surface area contributed by atoms with Gasteiger partial charge in [-0.05, 0) is 222 Å². The Kier molecular flexibility index (Phi) is 37.2. The molecule has 0 radical (unpaired) electrons. The number of aryl methyl sites for hydroxylation is 12. The zero-order valence-electron chi connectivity index (χ0n) is 52.5. The van der Waals surface area contributed by atoms with Crippen LogP contribution in [0.25, 0.3) is 0 Å². The molecule has 8 heterocycles. The molecule has 77 heavy (non-hydrogen) atoms. The third kappa shape index (κ3) is 39.8. The number of likely N-dealkylation sites (N-methyl/N-ethyl adjacent to an activating group) is 3. The van der Waals surface area contributed by atoms with Gasteiger partial charge in [-0.1, -0.05) is 106 Å². The van der Waals surface area contributed by atoms with Crippen LogP contribution in [-0.2, 0) is 0 Å². The smallest absolute Gasteiger partial charge is 0.101 e. The lowest BCUT2D eigenvalue weighted by Crippen LogP contribution is -2.42. The molecule has 0 unspecified atom stereocenters. The SMILES string of the molecule is CC1=CCN(C)CC1.CC1CCC(C)CC1.CC1CCN(C)CC1.CN1CCN(C)CC1.Cc1cc(C)[nH]n1.Cc1ccc(C)cc1.Cc1ccc(C)nc1.Cc1ccc(C)nc1.Cc1ccc(C)o1.Cc1ccc(C)o1. The fourth-order valence-electron chi connectivity index (χ4n) is 7.73. The molecule has 6 aromatic rings. The number of hydrogen-bond donors (Lipinski definition) is 1. The number of rotatable bonds is 0. The highest BCUT2D eigenvalue weighted by molar-refractivity contribution is 5.19. The summed E-state index contributed by atoms with van der Waals surface area (Å²) >= 11 is 0. The molecule has 3 fully saturated rings. The summed E-state index contributed by atoms with van der Waals surface area (Å²) in [5, 5.41) is 6.71. The van der Waals surface area contributed by atoms with Gasteiger partial charge in [0.25, 0.3) is 0 Å². The van der Waals surface area contributed by atoms with Gasteiger partial charge in [-0.2, -0.15) is 5.10 Å². The molecule has 1 aromatic carbocycles. The predicted molar refractivity (Wildman–Crippen MR) is 331 cm³/mol. The normalized spacial score (nSPS) is 17.4. The first-order valence-electron chi connectivity index (χ1n) is 28.6. The van der Waals surface area contributed by atoms with Crippen LogP contribution in [0.5, 0.6) is 0 Å². The minimum Gasteiger partial charge on any atom is -0.467 e. The summed E-state index contributed by atoms with van der Waals surface area (Å²) in [6.07, 6.45) is 16.0. The average molecular weight is 1060 g/mol. The number of H-pyrrole nitrogens is 1. The number of nitrogens with zero attached hydrogens (tertiary/aromatic N) is 7. The molecular formula is C67H110N8O2. The van der Waals surface area contributed by atoms with Crippen LogP contribution in [-0.4, -0.2) is 120 Å². The average Bonchev–Trinajstić information content (AvgIpc) is 4.12. The Bertz CT molecular complexity index is 1950. The molecule has 0 bridgehead atoms. The second-order valence-corrected chi connectivity index (χ2v) is 22.6. The molecular weight excluding hydrogens is 949 g/mol. The van der Waals surface area contributed by atoms with Gasteiger partial charge in [0.05, 0.1) is 5.69 Å². The third-order valence-electron chi connectivity index (χ3n) is 13.6. The Morgan fingerprint density at radius 1 is 0.403 bits per heavy atom. The van der Waals surface area contributed by atoms with Gasteiger partial charge in [0, 0.05) is 68.7 Å². The van der Waals surface area contributed by atoms with Crippen molar-refractivity contribution in [3.63, 3.8) is 0 Å². The number of likely N-dealkylation sites (tertiary alicyclic amines) is 1. The number of aromatic amines is 1. The maximum atomic E-state index is 5.08. The van der Waals surface area contributed by atoms with Crippen LogP contribution in [0, 0.1) is 101 Å². The minimum atomic E-state index is 0.978. The molecule has 5 aromatic heterocycles. The van der Waals surface area contributed by atoms with Crippen LogP contribution >= 0.6 is 0 Å². The van der Waals surface area contributed by atoms with Crippen LogP contribution < -0.4 is 0 Å². The van der Waals surface area contributed by atoms with Crippen molar-refractivity contribution in [1.29, 1.82) is 0 Å². The van der Waals surface area contributed by atoms with Gasteiger partial charge < -0.3 is 28.4 Å². The maximum Gasteiger partial charge on any atom is 0.101 e. The van der Waals surface area contributed by atoms with Crippen molar-refractivity contribution in [2.24, 2.45) is 17.8 Å². The first-order chi connectivity index (χ1) is 36.4. The van der Waals surface area contributed by atoms with Crippen molar-refractivity contribution in [1.82, 2.24) is 39.8 Å². The van der Waals surface area contributed by atoms with E-state index in [1.807, 2.05) is 124 Å². The van der Waals surface area contributed by atoms with Crippen LogP contribution in [0.3, 0.4) is 0 Å². The molecule has 4 aliphatic rings. The number of piperidine rings is 1. The molecule has 2 saturated heterocycles. The lowest BCUT2D eigenvalue weighted by molar-refractivity contribution is 0.181. The fraction of sp³-hybridized carbons (Fsp3) is 0.567. The Hall–Kier alpha value is -5.13. The Labute approximate surface area is 471 Å². The lowest BCUT2D eigenvalue weighted by atomic mass is 9.84. The highest BCUT2D eigenvalue weighted by Crippen LogP contribution is 2.27. The van der Waals surface area contributed by atoms with Crippen LogP contribution in [0.1, 0.15) is 141 Å². The number of aromatic nitrogens is 4. The standard InChI is InChI=1S/C8H16.C8H10.C7H15N.C7H13N.2C7H9N.C6H14N2.2C6H8O.C5H8N2/c4*1-7-3-5-8(2)6-4-7;2*1-6-3-4-7(2)8-5-6;1-7-3-5-8(2)6-4-7;2*1-5-3-4-6(2)7-5;1-4-3-5(2)7-6-4/h7-8H,3-6H2,1-2H3;3-6H,1-2H3;7H,3-6H2,1-2H3;3H,4-6H2,1-2H3;2*3-5H,1-2H3;3-6H2,1-2H3;2*3-4H,1-2H3;3H,1-2H3,(H,6,7). The quantitative estimate of drug-likeness (QED) is 0.149. The molecule has 1 aliphatic carbocycles. The van der Waals surface area contributed by atoms with Crippen molar-refractivity contribution in [2.75, 3.05) is 80.5 Å². The number of piperazine rings is 1. The molecule has 430 valence electrons. The van der Waals surface area contributed by atoms with Gasteiger partial charge in [-0.15, -0.1) is 0 Å². The second-order valence-electron chi connectivity index (χ2n) is 22.6. The van der Waals surface area contributed by atoms with Gasteiger partial charge in [-0.25, -0.2) is 0 Å². The van der Waals surface area contributed by atoms with Gasteiger partial charge in [0.1, 0.15) is 23.0 Å². The van der Waals surface area contributed by atoms with E-state index >= 15 is 0 Å². The van der Waals surface area contributed by atoms with Crippen molar-refractivity contribution in [3.05, 3.63) is 171 Å². The number of nitrogens with one attached hydrogen (secondary N) is 1. The van der Waals surface area contributed by atoms with E-state index in [4.69, 9.17) is 8.83 Å². The Balaban J connectivity index is 0.000000428. The van der Waals surface area contributed by atoms with Gasteiger partial charge in [0.2, 0.25) is 0 Å². The molecule has 0 spiro atoms. The van der Waals surface area contributed by atoms with Crippen molar-refractivity contribution < 1.29 is 8.83 Å². The second kappa shape index (κ2) is 41.0. The molecule has 3 aliphatic heterocycles. The van der Waals surface area contributed by atoms with E-state index in [1.165, 1.54) is 113 Å². The number of pyridine rings is 2. The molecule has 0 amide bonds. The van der Waals surface area contributed by atoms with E-state index in [2.05, 4.69) is 152 Å². The number of furan rings is 2. The van der Waals surface area contributed by atoms with Crippen molar-refractivity contribution in [3.8, 4) is 0 Å².